The van der Waals surface area contributed by atoms with Crippen molar-refractivity contribution in [1.29, 1.82) is 0 Å². The minimum Gasteiger partial charge on any atom is -0.356 e. The molecule has 0 unspecified atom stereocenters. The van der Waals surface area contributed by atoms with Gasteiger partial charge in [0.1, 0.15) is 6.33 Å². The molecule has 1 amide bonds. The molecule has 88 valence electrons. The summed E-state index contributed by atoms with van der Waals surface area (Å²) >= 11 is 0. The summed E-state index contributed by atoms with van der Waals surface area (Å²) in [7, 11) is 0. The number of carbonyl (C=O) groups excluding carboxylic acids is 1. The second-order valence-electron chi connectivity index (χ2n) is 5.08. The lowest BCUT2D eigenvalue weighted by atomic mass is 9.92. The van der Waals surface area contributed by atoms with Crippen molar-refractivity contribution in [3.63, 3.8) is 0 Å². The largest absolute Gasteiger partial charge is 0.356 e. The van der Waals surface area contributed by atoms with Crippen molar-refractivity contribution >= 4 is 5.91 Å². The molecule has 1 heterocycles. The summed E-state index contributed by atoms with van der Waals surface area (Å²) in [6, 6.07) is 0. The van der Waals surface area contributed by atoms with Crippen LogP contribution in [0, 0.1) is 5.41 Å². The van der Waals surface area contributed by atoms with Crippen molar-refractivity contribution in [2.75, 3.05) is 6.54 Å². The third-order valence-electron chi connectivity index (χ3n) is 2.04. The van der Waals surface area contributed by atoms with Crippen LogP contribution in [0.1, 0.15) is 32.8 Å². The molecule has 0 atom stereocenters. The van der Waals surface area contributed by atoms with E-state index in [2.05, 4.69) is 36.1 Å². The van der Waals surface area contributed by atoms with Crippen molar-refractivity contribution in [3.05, 3.63) is 24.3 Å². The molecule has 0 saturated heterocycles. The lowest BCUT2D eigenvalue weighted by molar-refractivity contribution is -0.122. The molecule has 16 heavy (non-hydrogen) atoms. The van der Waals surface area contributed by atoms with Crippen LogP contribution >= 0.6 is 0 Å². The van der Waals surface area contributed by atoms with E-state index in [9.17, 15) is 4.79 Å². The predicted molar refractivity (Wildman–Crippen MR) is 62.8 cm³/mol. The van der Waals surface area contributed by atoms with Gasteiger partial charge in [0, 0.05) is 25.4 Å². The molecule has 1 aromatic heterocycles. The number of hydrogen-bond acceptors (Lipinski definition) is 3. The number of rotatable bonds is 4. The fraction of sp³-hybridized carbons (Fsp3) is 0.583. The Balaban J connectivity index is 2.24. The lowest BCUT2D eigenvalue weighted by Crippen LogP contribution is -2.29. The van der Waals surface area contributed by atoms with E-state index >= 15 is 0 Å². The van der Waals surface area contributed by atoms with Gasteiger partial charge < -0.3 is 5.32 Å². The Hall–Kier alpha value is -1.45. The van der Waals surface area contributed by atoms with Gasteiger partial charge in [-0.05, 0) is 17.4 Å². The number of amides is 1. The Morgan fingerprint density at radius 2 is 1.94 bits per heavy atom. The van der Waals surface area contributed by atoms with E-state index in [-0.39, 0.29) is 11.3 Å². The van der Waals surface area contributed by atoms with Crippen LogP contribution in [0.15, 0.2) is 18.7 Å². The zero-order valence-electron chi connectivity index (χ0n) is 10.2. The maximum Gasteiger partial charge on any atom is 0.220 e. The van der Waals surface area contributed by atoms with Gasteiger partial charge in [-0.15, -0.1) is 0 Å². The zero-order valence-corrected chi connectivity index (χ0v) is 10.2. The smallest absolute Gasteiger partial charge is 0.220 e. The van der Waals surface area contributed by atoms with Crippen LogP contribution in [0.25, 0.3) is 0 Å². The monoisotopic (exact) mass is 221 g/mol. The minimum atomic E-state index is 0.0416. The number of aromatic nitrogens is 2. The topological polar surface area (TPSA) is 54.9 Å². The molecule has 0 aliphatic rings. The number of nitrogens with one attached hydrogen (secondary N) is 1. The molecule has 0 aromatic carbocycles. The van der Waals surface area contributed by atoms with E-state index in [1.165, 1.54) is 6.33 Å². The lowest BCUT2D eigenvalue weighted by Gasteiger charge is -2.17. The maximum atomic E-state index is 11.5. The molecule has 0 fully saturated rings. The Labute approximate surface area is 96.5 Å². The molecule has 0 bridgehead atoms. The summed E-state index contributed by atoms with van der Waals surface area (Å²) in [5.41, 5.74) is 1.08. The average Bonchev–Trinajstić information content (AvgIpc) is 2.16. The van der Waals surface area contributed by atoms with Crippen LogP contribution in [0.2, 0.25) is 0 Å². The molecule has 0 saturated carbocycles. The SMILES string of the molecule is CC(C)(C)CC(=O)NCCc1cncnc1. The summed E-state index contributed by atoms with van der Waals surface area (Å²) in [5, 5.41) is 2.89. The van der Waals surface area contributed by atoms with E-state index in [0.717, 1.165) is 12.0 Å². The summed E-state index contributed by atoms with van der Waals surface area (Å²) in [5.74, 6) is 0.101. The average molecular weight is 221 g/mol. The first-order valence-corrected chi connectivity index (χ1v) is 5.48. The van der Waals surface area contributed by atoms with Crippen LogP contribution in [0.3, 0.4) is 0 Å². The van der Waals surface area contributed by atoms with E-state index in [0.29, 0.717) is 13.0 Å². The van der Waals surface area contributed by atoms with Gasteiger partial charge in [0.2, 0.25) is 5.91 Å². The number of nitrogens with zero attached hydrogens (tertiary/aromatic N) is 2. The standard InChI is InChI=1S/C12H19N3O/c1-12(2,3)6-11(16)15-5-4-10-7-13-9-14-8-10/h7-9H,4-6H2,1-3H3,(H,15,16). The van der Waals surface area contributed by atoms with Crippen LogP contribution in [-0.2, 0) is 11.2 Å². The normalized spacial score (nSPS) is 11.2. The zero-order chi connectivity index (χ0) is 12.0. The quantitative estimate of drug-likeness (QED) is 0.839. The molecular formula is C12H19N3O. The highest BCUT2D eigenvalue weighted by atomic mass is 16.1. The molecular weight excluding hydrogens is 202 g/mol. The summed E-state index contributed by atoms with van der Waals surface area (Å²) in [6.07, 6.45) is 6.36. The van der Waals surface area contributed by atoms with E-state index in [1.807, 2.05) is 0 Å². The van der Waals surface area contributed by atoms with E-state index in [4.69, 9.17) is 0 Å². The summed E-state index contributed by atoms with van der Waals surface area (Å²) in [4.78, 5) is 19.3. The molecule has 0 radical (unpaired) electrons. The summed E-state index contributed by atoms with van der Waals surface area (Å²) < 4.78 is 0. The molecule has 1 N–H and O–H groups in total. The van der Waals surface area contributed by atoms with Crippen molar-refractivity contribution < 1.29 is 4.79 Å². The molecule has 0 aliphatic heterocycles. The van der Waals surface area contributed by atoms with Crippen molar-refractivity contribution in [2.24, 2.45) is 5.41 Å². The van der Waals surface area contributed by atoms with Gasteiger partial charge in [0.15, 0.2) is 0 Å². The van der Waals surface area contributed by atoms with Gasteiger partial charge in [0.25, 0.3) is 0 Å². The third-order valence-corrected chi connectivity index (χ3v) is 2.04. The molecule has 4 heteroatoms. The van der Waals surface area contributed by atoms with Gasteiger partial charge in [-0.25, -0.2) is 9.97 Å². The Kier molecular flexibility index (Phi) is 4.40. The van der Waals surface area contributed by atoms with Crippen LogP contribution in [0.4, 0.5) is 0 Å². The fourth-order valence-corrected chi connectivity index (χ4v) is 1.35. The second-order valence-corrected chi connectivity index (χ2v) is 5.08. The van der Waals surface area contributed by atoms with E-state index < -0.39 is 0 Å². The van der Waals surface area contributed by atoms with Crippen molar-refractivity contribution in [2.45, 2.75) is 33.6 Å². The molecule has 4 nitrogen and oxygen atoms in total. The Morgan fingerprint density at radius 3 is 2.50 bits per heavy atom. The Bertz CT molecular complexity index is 330. The molecule has 1 aromatic rings. The van der Waals surface area contributed by atoms with Gasteiger partial charge >= 0.3 is 0 Å². The van der Waals surface area contributed by atoms with Gasteiger partial charge in [0.05, 0.1) is 0 Å². The molecule has 1 rings (SSSR count). The highest BCUT2D eigenvalue weighted by Crippen LogP contribution is 2.17. The predicted octanol–water partition coefficient (Wildman–Crippen LogP) is 1.57. The van der Waals surface area contributed by atoms with Crippen molar-refractivity contribution in [3.8, 4) is 0 Å². The highest BCUT2D eigenvalue weighted by molar-refractivity contribution is 5.76. The Morgan fingerprint density at radius 1 is 1.31 bits per heavy atom. The highest BCUT2D eigenvalue weighted by Gasteiger charge is 2.15. The van der Waals surface area contributed by atoms with Crippen LogP contribution in [0.5, 0.6) is 0 Å². The van der Waals surface area contributed by atoms with Crippen molar-refractivity contribution in [1.82, 2.24) is 15.3 Å². The molecule has 0 spiro atoms. The second kappa shape index (κ2) is 5.58. The first kappa shape index (κ1) is 12.6. The minimum absolute atomic E-state index is 0.0416. The molecule has 0 aliphatic carbocycles. The fourth-order valence-electron chi connectivity index (χ4n) is 1.35. The first-order valence-electron chi connectivity index (χ1n) is 5.48. The summed E-state index contributed by atoms with van der Waals surface area (Å²) in [6.45, 7) is 6.80. The van der Waals surface area contributed by atoms with Gasteiger partial charge in [-0.1, -0.05) is 20.8 Å². The number of hydrogen-bond donors (Lipinski definition) is 1. The van der Waals surface area contributed by atoms with Gasteiger partial charge in [-0.2, -0.15) is 0 Å². The number of carbonyl (C=O) groups is 1. The third kappa shape index (κ3) is 5.44. The first-order chi connectivity index (χ1) is 7.47. The van der Waals surface area contributed by atoms with Crippen LogP contribution in [-0.4, -0.2) is 22.4 Å². The maximum absolute atomic E-state index is 11.5. The van der Waals surface area contributed by atoms with Crippen LogP contribution < -0.4 is 5.32 Å². The van der Waals surface area contributed by atoms with Gasteiger partial charge in [-0.3, -0.25) is 4.79 Å². The van der Waals surface area contributed by atoms with E-state index in [1.54, 1.807) is 12.4 Å².